The highest BCUT2D eigenvalue weighted by atomic mass is 19.1. The minimum Gasteiger partial charge on any atom is -0.490 e. The summed E-state index contributed by atoms with van der Waals surface area (Å²) < 4.78 is 18.7. The molecule has 5 nitrogen and oxygen atoms in total. The van der Waals surface area contributed by atoms with Crippen LogP contribution in [0.4, 0.5) is 4.39 Å². The number of rotatable bonds is 13. The normalized spacial score (nSPS) is 22.9. The number of hydrogen-bond donors (Lipinski definition) is 3. The first-order chi connectivity index (χ1) is 14.8. The van der Waals surface area contributed by atoms with Crippen molar-refractivity contribution in [2.45, 2.75) is 57.2 Å². The molecule has 0 saturated heterocycles. The first kappa shape index (κ1) is 24.8. The zero-order valence-electron chi connectivity index (χ0n) is 18.0. The van der Waals surface area contributed by atoms with Gasteiger partial charge < -0.3 is 20.1 Å². The van der Waals surface area contributed by atoms with Crippen molar-refractivity contribution in [1.29, 1.82) is 0 Å². The summed E-state index contributed by atoms with van der Waals surface area (Å²) in [6.45, 7) is 2.01. The van der Waals surface area contributed by atoms with E-state index in [0.29, 0.717) is 25.0 Å². The van der Waals surface area contributed by atoms with Crippen LogP contribution in [0.15, 0.2) is 60.7 Å². The summed E-state index contributed by atoms with van der Waals surface area (Å²) in [6.07, 6.45) is 14.2. The minimum atomic E-state index is -1.19. The standard InChI is InChI=1S/C25H33FO5/c1-2-16-25(30,18-31-21-12-10-20(26)11-13-21)17-15-22-19(9-14-23(22)27)7-5-3-4-6-8-24(28)29/h3,5,9-15,17,19,22-23,27,30H,2,4,6-8,16,18H2,1H3,(H,28,29)/t19-,22+,23+,25?/m0/s1. The summed E-state index contributed by atoms with van der Waals surface area (Å²) >= 11 is 0. The average Bonchev–Trinajstić information content (AvgIpc) is 3.08. The number of carboxylic acids is 1. The molecule has 4 atom stereocenters. The molecule has 3 N–H and O–H groups in total. The molecule has 0 amide bonds. The lowest BCUT2D eigenvalue weighted by molar-refractivity contribution is -0.137. The van der Waals surface area contributed by atoms with Crippen molar-refractivity contribution in [2.24, 2.45) is 11.8 Å². The molecule has 1 aliphatic rings. The molecule has 0 saturated carbocycles. The van der Waals surface area contributed by atoms with Crippen molar-refractivity contribution < 1.29 is 29.2 Å². The molecule has 170 valence electrons. The van der Waals surface area contributed by atoms with Crippen LogP contribution in [-0.2, 0) is 4.79 Å². The van der Waals surface area contributed by atoms with Gasteiger partial charge in [0.25, 0.3) is 0 Å². The monoisotopic (exact) mass is 432 g/mol. The molecular formula is C25H33FO5. The molecule has 6 heteroatoms. The number of allylic oxidation sites excluding steroid dienone is 3. The van der Waals surface area contributed by atoms with Gasteiger partial charge in [0.1, 0.15) is 23.8 Å². The molecule has 0 fully saturated rings. The van der Waals surface area contributed by atoms with E-state index in [-0.39, 0.29) is 30.7 Å². The Labute approximate surface area is 183 Å². The molecule has 0 aromatic heterocycles. The maximum atomic E-state index is 13.1. The van der Waals surface area contributed by atoms with Crippen LogP contribution < -0.4 is 4.74 Å². The largest absolute Gasteiger partial charge is 0.490 e. The summed E-state index contributed by atoms with van der Waals surface area (Å²) in [7, 11) is 0. The van der Waals surface area contributed by atoms with Crippen LogP contribution >= 0.6 is 0 Å². The topological polar surface area (TPSA) is 87.0 Å². The van der Waals surface area contributed by atoms with Gasteiger partial charge in [-0.3, -0.25) is 4.79 Å². The second-order valence-corrected chi connectivity index (χ2v) is 8.07. The predicted octanol–water partition coefficient (Wildman–Crippen LogP) is 4.66. The molecule has 1 aliphatic carbocycles. The lowest BCUT2D eigenvalue weighted by Gasteiger charge is -2.26. The highest BCUT2D eigenvalue weighted by molar-refractivity contribution is 5.66. The summed E-state index contributed by atoms with van der Waals surface area (Å²) in [5.74, 6) is -0.703. The summed E-state index contributed by atoms with van der Waals surface area (Å²) in [5.41, 5.74) is -1.19. The molecule has 0 heterocycles. The molecule has 1 aromatic carbocycles. The molecule has 31 heavy (non-hydrogen) atoms. The molecule has 1 aromatic rings. The Hall–Kier alpha value is -2.44. The van der Waals surface area contributed by atoms with Crippen LogP contribution in [0, 0.1) is 17.7 Å². The van der Waals surface area contributed by atoms with Crippen LogP contribution in [-0.4, -0.2) is 39.6 Å². The van der Waals surface area contributed by atoms with E-state index in [1.807, 2.05) is 31.2 Å². The number of hydrogen-bond acceptors (Lipinski definition) is 4. The first-order valence-corrected chi connectivity index (χ1v) is 10.9. The summed E-state index contributed by atoms with van der Waals surface area (Å²) in [6, 6.07) is 5.67. The zero-order valence-corrected chi connectivity index (χ0v) is 18.0. The molecule has 0 radical (unpaired) electrons. The first-order valence-electron chi connectivity index (χ1n) is 10.9. The van der Waals surface area contributed by atoms with Crippen LogP contribution in [0.1, 0.15) is 45.4 Å². The summed E-state index contributed by atoms with van der Waals surface area (Å²) in [5, 5.41) is 30.0. The number of aliphatic hydroxyl groups is 2. The molecule has 0 bridgehead atoms. The fraction of sp³-hybridized carbons (Fsp3) is 0.480. The van der Waals surface area contributed by atoms with E-state index >= 15 is 0 Å². The van der Waals surface area contributed by atoms with Crippen molar-refractivity contribution in [2.75, 3.05) is 6.61 Å². The van der Waals surface area contributed by atoms with Crippen LogP contribution in [0.2, 0.25) is 0 Å². The van der Waals surface area contributed by atoms with Gasteiger partial charge in [0.15, 0.2) is 0 Å². The van der Waals surface area contributed by atoms with E-state index in [4.69, 9.17) is 9.84 Å². The van der Waals surface area contributed by atoms with Gasteiger partial charge in [-0.25, -0.2) is 4.39 Å². The Bertz CT molecular complexity index is 771. The Kier molecular flexibility index (Phi) is 9.95. The van der Waals surface area contributed by atoms with Gasteiger partial charge in [-0.05, 0) is 55.9 Å². The van der Waals surface area contributed by atoms with Gasteiger partial charge >= 0.3 is 5.97 Å². The molecule has 1 unspecified atom stereocenters. The third-order valence-corrected chi connectivity index (χ3v) is 5.39. The predicted molar refractivity (Wildman–Crippen MR) is 118 cm³/mol. The molecule has 2 rings (SSSR count). The molecule has 0 spiro atoms. The Morgan fingerprint density at radius 3 is 2.65 bits per heavy atom. The Morgan fingerprint density at radius 2 is 1.97 bits per heavy atom. The van der Waals surface area contributed by atoms with Gasteiger partial charge in [-0.1, -0.05) is 49.8 Å². The minimum absolute atomic E-state index is 0.0351. The number of ether oxygens (including phenoxy) is 1. The van der Waals surface area contributed by atoms with Crippen LogP contribution in [0.3, 0.4) is 0 Å². The van der Waals surface area contributed by atoms with Crippen molar-refractivity contribution in [3.8, 4) is 5.75 Å². The number of aliphatic hydroxyl groups excluding tert-OH is 1. The number of benzene rings is 1. The lowest BCUT2D eigenvalue weighted by Crippen LogP contribution is -2.34. The third kappa shape index (κ3) is 8.67. The van der Waals surface area contributed by atoms with Gasteiger partial charge in [-0.15, -0.1) is 0 Å². The van der Waals surface area contributed by atoms with E-state index in [0.717, 1.165) is 12.8 Å². The average molecular weight is 433 g/mol. The van der Waals surface area contributed by atoms with Gasteiger partial charge in [-0.2, -0.15) is 0 Å². The molecule has 0 aliphatic heterocycles. The van der Waals surface area contributed by atoms with Crippen molar-refractivity contribution in [3.63, 3.8) is 0 Å². The number of carboxylic acid groups (broad SMARTS) is 1. The number of halogens is 1. The van der Waals surface area contributed by atoms with Crippen LogP contribution in [0.25, 0.3) is 0 Å². The molecular weight excluding hydrogens is 399 g/mol. The Morgan fingerprint density at radius 1 is 1.23 bits per heavy atom. The highest BCUT2D eigenvalue weighted by Gasteiger charge is 2.30. The number of carbonyl (C=O) groups is 1. The van der Waals surface area contributed by atoms with Crippen molar-refractivity contribution in [3.05, 3.63) is 66.5 Å². The lowest BCUT2D eigenvalue weighted by atomic mass is 9.88. The second-order valence-electron chi connectivity index (χ2n) is 8.07. The van der Waals surface area contributed by atoms with Gasteiger partial charge in [0.05, 0.1) is 6.10 Å². The van der Waals surface area contributed by atoms with Gasteiger partial charge in [0, 0.05) is 12.3 Å². The number of unbranched alkanes of at least 4 members (excludes halogenated alkanes) is 1. The maximum Gasteiger partial charge on any atom is 0.303 e. The highest BCUT2D eigenvalue weighted by Crippen LogP contribution is 2.31. The zero-order chi connectivity index (χ0) is 22.7. The van der Waals surface area contributed by atoms with E-state index in [2.05, 4.69) is 0 Å². The Balaban J connectivity index is 1.94. The van der Waals surface area contributed by atoms with E-state index in [1.165, 1.54) is 24.3 Å². The maximum absolute atomic E-state index is 13.1. The van der Waals surface area contributed by atoms with Gasteiger partial charge in [0.2, 0.25) is 0 Å². The fourth-order valence-electron chi connectivity index (χ4n) is 3.67. The smallest absolute Gasteiger partial charge is 0.303 e. The second kappa shape index (κ2) is 12.4. The quantitative estimate of drug-likeness (QED) is 0.312. The van der Waals surface area contributed by atoms with E-state index < -0.39 is 17.7 Å². The third-order valence-electron chi connectivity index (χ3n) is 5.39. The number of aliphatic carboxylic acids is 1. The van der Waals surface area contributed by atoms with Crippen molar-refractivity contribution >= 4 is 5.97 Å². The van der Waals surface area contributed by atoms with Crippen LogP contribution in [0.5, 0.6) is 5.75 Å². The van der Waals surface area contributed by atoms with E-state index in [1.54, 1.807) is 12.2 Å². The van der Waals surface area contributed by atoms with E-state index in [9.17, 15) is 19.4 Å². The van der Waals surface area contributed by atoms with Crippen molar-refractivity contribution in [1.82, 2.24) is 0 Å². The fourth-order valence-corrected chi connectivity index (χ4v) is 3.67. The SMILES string of the molecule is CCCC(O)(C=C[C@H]1[C@H](O)C=C[C@@H]1CC=CCCCC(=O)O)COc1ccc(F)cc1. The summed E-state index contributed by atoms with van der Waals surface area (Å²) in [4.78, 5) is 10.5.